The minimum atomic E-state index is 0.685. The molecule has 1 N–H and O–H groups in total. The van der Waals surface area contributed by atoms with Gasteiger partial charge in [-0.25, -0.2) is 0 Å². The molecule has 2 aromatic rings. The fourth-order valence-corrected chi connectivity index (χ4v) is 5.03. The minimum Gasteiger partial charge on any atom is -0.333 e. The summed E-state index contributed by atoms with van der Waals surface area (Å²) in [4.78, 5) is 9.56. The summed E-state index contributed by atoms with van der Waals surface area (Å²) in [5.74, 6) is 3.83. The average Bonchev–Trinajstić information content (AvgIpc) is 3.14. The quantitative estimate of drug-likeness (QED) is 0.933. The van der Waals surface area contributed by atoms with Gasteiger partial charge in [-0.15, -0.1) is 11.3 Å². The number of thiophene rings is 1. The number of nitrogens with zero attached hydrogens (tertiary/aromatic N) is 3. The molecule has 0 radical (unpaired) electrons. The third-order valence-corrected chi connectivity index (χ3v) is 6.11. The number of fused-ring (bicyclic) bond motifs is 1. The standard InChI is InChI=1S/C14H18N4OS2/c1-6-20-9-10-7-12(21-11(1)10)14-16-13(17-19-14)8-18-4-2-15-3-5-18/h7,15H,1-6,8-9H2. The first-order valence-electron chi connectivity index (χ1n) is 7.34. The van der Waals surface area contributed by atoms with Crippen molar-refractivity contribution in [1.29, 1.82) is 0 Å². The van der Waals surface area contributed by atoms with Crippen molar-refractivity contribution < 1.29 is 4.52 Å². The zero-order chi connectivity index (χ0) is 14.1. The summed E-state index contributed by atoms with van der Waals surface area (Å²) in [6.45, 7) is 4.97. The predicted octanol–water partition coefficient (Wildman–Crippen LogP) is 1.99. The lowest BCUT2D eigenvalue weighted by molar-refractivity contribution is 0.225. The number of aryl methyl sites for hydroxylation is 1. The predicted molar refractivity (Wildman–Crippen MR) is 85.6 cm³/mol. The summed E-state index contributed by atoms with van der Waals surface area (Å²) in [6, 6.07) is 2.23. The Morgan fingerprint density at radius 3 is 3.10 bits per heavy atom. The molecule has 2 aliphatic heterocycles. The third kappa shape index (κ3) is 3.01. The van der Waals surface area contributed by atoms with Crippen LogP contribution in [0.15, 0.2) is 10.6 Å². The maximum atomic E-state index is 5.47. The summed E-state index contributed by atoms with van der Waals surface area (Å²) in [5, 5.41) is 7.50. The van der Waals surface area contributed by atoms with Crippen LogP contribution in [0.25, 0.3) is 10.8 Å². The molecule has 0 aromatic carbocycles. The fourth-order valence-electron chi connectivity index (χ4n) is 2.74. The molecule has 2 aromatic heterocycles. The number of hydrogen-bond acceptors (Lipinski definition) is 7. The molecule has 1 fully saturated rings. The molecule has 4 rings (SSSR count). The van der Waals surface area contributed by atoms with Crippen molar-refractivity contribution in [2.24, 2.45) is 0 Å². The van der Waals surface area contributed by atoms with Gasteiger partial charge in [-0.3, -0.25) is 4.90 Å². The van der Waals surface area contributed by atoms with E-state index in [2.05, 4.69) is 26.4 Å². The van der Waals surface area contributed by atoms with Gasteiger partial charge in [0.1, 0.15) is 0 Å². The van der Waals surface area contributed by atoms with Gasteiger partial charge in [-0.05, 0) is 23.8 Å². The van der Waals surface area contributed by atoms with Crippen molar-refractivity contribution in [3.05, 3.63) is 22.3 Å². The largest absolute Gasteiger partial charge is 0.333 e. The summed E-state index contributed by atoms with van der Waals surface area (Å²) < 4.78 is 5.47. The van der Waals surface area contributed by atoms with E-state index in [0.29, 0.717) is 5.89 Å². The smallest absolute Gasteiger partial charge is 0.268 e. The Morgan fingerprint density at radius 2 is 2.24 bits per heavy atom. The molecule has 5 nitrogen and oxygen atoms in total. The fraction of sp³-hybridized carbons (Fsp3) is 0.571. The number of nitrogens with one attached hydrogen (secondary N) is 1. The normalized spacial score (nSPS) is 19.6. The molecule has 7 heteroatoms. The zero-order valence-corrected chi connectivity index (χ0v) is 13.4. The lowest BCUT2D eigenvalue weighted by Crippen LogP contribution is -2.43. The zero-order valence-electron chi connectivity index (χ0n) is 11.8. The first kappa shape index (κ1) is 13.8. The highest BCUT2D eigenvalue weighted by Crippen LogP contribution is 2.36. The van der Waals surface area contributed by atoms with Crippen molar-refractivity contribution in [3.8, 4) is 10.8 Å². The van der Waals surface area contributed by atoms with E-state index in [9.17, 15) is 0 Å². The monoisotopic (exact) mass is 322 g/mol. The van der Waals surface area contributed by atoms with Crippen LogP contribution in [-0.2, 0) is 18.7 Å². The molecular formula is C14H18N4OS2. The van der Waals surface area contributed by atoms with E-state index in [4.69, 9.17) is 4.52 Å². The van der Waals surface area contributed by atoms with Crippen LogP contribution in [0.2, 0.25) is 0 Å². The van der Waals surface area contributed by atoms with Crippen LogP contribution >= 0.6 is 23.1 Å². The molecule has 0 spiro atoms. The molecule has 2 aliphatic rings. The molecule has 4 heterocycles. The lowest BCUT2D eigenvalue weighted by Gasteiger charge is -2.25. The van der Waals surface area contributed by atoms with E-state index in [1.54, 1.807) is 0 Å². The van der Waals surface area contributed by atoms with Crippen LogP contribution < -0.4 is 5.32 Å². The van der Waals surface area contributed by atoms with E-state index in [-0.39, 0.29) is 0 Å². The van der Waals surface area contributed by atoms with Gasteiger partial charge < -0.3 is 9.84 Å². The lowest BCUT2D eigenvalue weighted by atomic mass is 10.2. The Balaban J connectivity index is 1.49. The Morgan fingerprint density at radius 1 is 1.33 bits per heavy atom. The summed E-state index contributed by atoms with van der Waals surface area (Å²) in [6.07, 6.45) is 1.17. The van der Waals surface area contributed by atoms with E-state index in [0.717, 1.165) is 49.2 Å². The molecule has 0 unspecified atom stereocenters. The molecule has 0 aliphatic carbocycles. The van der Waals surface area contributed by atoms with Crippen LogP contribution in [0.3, 0.4) is 0 Å². The summed E-state index contributed by atoms with van der Waals surface area (Å²) >= 11 is 3.82. The first-order chi connectivity index (χ1) is 10.4. The first-order valence-corrected chi connectivity index (χ1v) is 9.31. The van der Waals surface area contributed by atoms with E-state index < -0.39 is 0 Å². The number of thioether (sulfide) groups is 1. The minimum absolute atomic E-state index is 0.685. The van der Waals surface area contributed by atoms with Crippen molar-refractivity contribution in [3.63, 3.8) is 0 Å². The van der Waals surface area contributed by atoms with Gasteiger partial charge in [0.25, 0.3) is 5.89 Å². The Hall–Kier alpha value is -0.890. The van der Waals surface area contributed by atoms with Crippen LogP contribution in [0, 0.1) is 0 Å². The Bertz CT molecular complexity index is 595. The van der Waals surface area contributed by atoms with Crippen LogP contribution in [0.4, 0.5) is 0 Å². The van der Waals surface area contributed by atoms with Crippen molar-refractivity contribution >= 4 is 23.1 Å². The number of hydrogen-bond donors (Lipinski definition) is 1. The SMILES string of the molecule is c1c(-c2nc(CN3CCNCC3)no2)sc2c1CSCC2. The second kappa shape index (κ2) is 6.08. The third-order valence-electron chi connectivity index (χ3n) is 3.88. The topological polar surface area (TPSA) is 54.2 Å². The van der Waals surface area contributed by atoms with Gasteiger partial charge in [0, 0.05) is 36.8 Å². The van der Waals surface area contributed by atoms with Crippen LogP contribution in [0.1, 0.15) is 16.3 Å². The average molecular weight is 322 g/mol. The van der Waals surface area contributed by atoms with Crippen LogP contribution in [-0.4, -0.2) is 47.0 Å². The maximum Gasteiger partial charge on any atom is 0.268 e. The summed E-state index contributed by atoms with van der Waals surface area (Å²) in [7, 11) is 0. The number of piperazine rings is 1. The molecule has 1 saturated heterocycles. The van der Waals surface area contributed by atoms with Gasteiger partial charge in [0.05, 0.1) is 11.4 Å². The second-order valence-corrected chi connectivity index (χ2v) is 7.65. The molecule has 21 heavy (non-hydrogen) atoms. The molecular weight excluding hydrogens is 304 g/mol. The number of aromatic nitrogens is 2. The van der Waals surface area contributed by atoms with E-state index in [1.807, 2.05) is 23.1 Å². The molecule has 0 atom stereocenters. The van der Waals surface area contributed by atoms with Crippen molar-refractivity contribution in [2.45, 2.75) is 18.7 Å². The Labute approximate surface area is 132 Å². The summed E-state index contributed by atoms with van der Waals surface area (Å²) in [5.41, 5.74) is 1.45. The molecule has 0 saturated carbocycles. The van der Waals surface area contributed by atoms with Gasteiger partial charge in [0.2, 0.25) is 0 Å². The highest BCUT2D eigenvalue weighted by molar-refractivity contribution is 7.98. The highest BCUT2D eigenvalue weighted by atomic mass is 32.2. The van der Waals surface area contributed by atoms with Crippen molar-refractivity contribution in [1.82, 2.24) is 20.4 Å². The van der Waals surface area contributed by atoms with Crippen molar-refractivity contribution in [2.75, 3.05) is 31.9 Å². The van der Waals surface area contributed by atoms with Gasteiger partial charge in [0.15, 0.2) is 5.82 Å². The molecule has 0 amide bonds. The second-order valence-electron chi connectivity index (χ2n) is 5.40. The van der Waals surface area contributed by atoms with Gasteiger partial charge in [-0.1, -0.05) is 5.16 Å². The van der Waals surface area contributed by atoms with Gasteiger partial charge >= 0.3 is 0 Å². The van der Waals surface area contributed by atoms with Crippen LogP contribution in [0.5, 0.6) is 0 Å². The molecule has 112 valence electrons. The van der Waals surface area contributed by atoms with E-state index in [1.165, 1.54) is 22.6 Å². The van der Waals surface area contributed by atoms with Gasteiger partial charge in [-0.2, -0.15) is 16.7 Å². The molecule has 0 bridgehead atoms. The van der Waals surface area contributed by atoms with E-state index >= 15 is 0 Å². The maximum absolute atomic E-state index is 5.47. The number of rotatable bonds is 3. The highest BCUT2D eigenvalue weighted by Gasteiger charge is 2.19. The Kier molecular flexibility index (Phi) is 3.98.